The lowest BCUT2D eigenvalue weighted by Gasteiger charge is -2.00. The van der Waals surface area contributed by atoms with Crippen LogP contribution in [0.15, 0.2) is 36.7 Å². The van der Waals surface area contributed by atoms with E-state index >= 15 is 0 Å². The fourth-order valence-electron chi connectivity index (χ4n) is 1.25. The normalized spacial score (nSPS) is 9.93. The third-order valence-corrected chi connectivity index (χ3v) is 1.91. The Hall–Kier alpha value is -2.10. The minimum Gasteiger partial charge on any atom is -0.298 e. The third kappa shape index (κ3) is 2.04. The van der Waals surface area contributed by atoms with Crippen LogP contribution in [0.1, 0.15) is 10.4 Å². The van der Waals surface area contributed by atoms with Crippen LogP contribution in [0.5, 0.6) is 0 Å². The second-order valence-electron chi connectivity index (χ2n) is 2.97. The number of carbonyl (C=O) groups is 1. The highest BCUT2D eigenvalue weighted by molar-refractivity contribution is 5.77. The number of aldehydes is 1. The topological polar surface area (TPSA) is 42.9 Å². The van der Waals surface area contributed by atoms with E-state index in [2.05, 4.69) is 9.97 Å². The van der Waals surface area contributed by atoms with Crippen LogP contribution in [-0.4, -0.2) is 16.3 Å². The van der Waals surface area contributed by atoms with Crippen molar-refractivity contribution in [2.45, 2.75) is 0 Å². The number of rotatable bonds is 2. The van der Waals surface area contributed by atoms with Crippen LogP contribution in [0.25, 0.3) is 11.3 Å². The first kappa shape index (κ1) is 9.45. The summed E-state index contributed by atoms with van der Waals surface area (Å²) in [5.74, 6) is -0.668. The molecule has 0 amide bonds. The molecule has 74 valence electrons. The number of halogens is 1. The maximum atomic E-state index is 13.0. The summed E-state index contributed by atoms with van der Waals surface area (Å²) < 4.78 is 13.0. The van der Waals surface area contributed by atoms with Crippen molar-refractivity contribution in [1.29, 1.82) is 0 Å². The molecule has 15 heavy (non-hydrogen) atoms. The molecule has 2 heterocycles. The first-order chi connectivity index (χ1) is 7.29. The number of hydrogen-bond acceptors (Lipinski definition) is 3. The van der Waals surface area contributed by atoms with Gasteiger partial charge in [-0.3, -0.25) is 9.78 Å². The second-order valence-corrected chi connectivity index (χ2v) is 2.97. The number of pyridine rings is 2. The largest absolute Gasteiger partial charge is 0.298 e. The van der Waals surface area contributed by atoms with Gasteiger partial charge in [-0.05, 0) is 18.2 Å². The lowest BCUT2D eigenvalue weighted by Crippen LogP contribution is -1.92. The zero-order valence-electron chi connectivity index (χ0n) is 7.72. The standard InChI is InChI=1S/C11H7FN2O/c12-11-5-8(7-15)4-10(14-11)9-2-1-3-13-6-9/h1-7H. The van der Waals surface area contributed by atoms with Gasteiger partial charge < -0.3 is 0 Å². The molecule has 0 aliphatic rings. The molecular weight excluding hydrogens is 195 g/mol. The molecule has 0 aliphatic carbocycles. The van der Waals surface area contributed by atoms with Gasteiger partial charge in [0.05, 0.1) is 5.69 Å². The maximum absolute atomic E-state index is 13.0. The molecule has 0 spiro atoms. The zero-order chi connectivity index (χ0) is 10.7. The number of aromatic nitrogens is 2. The van der Waals surface area contributed by atoms with Gasteiger partial charge in [-0.1, -0.05) is 0 Å². The van der Waals surface area contributed by atoms with Gasteiger partial charge in [0.1, 0.15) is 6.29 Å². The highest BCUT2D eigenvalue weighted by atomic mass is 19.1. The molecule has 2 aromatic rings. The van der Waals surface area contributed by atoms with E-state index in [1.54, 1.807) is 24.5 Å². The molecule has 0 aromatic carbocycles. The van der Waals surface area contributed by atoms with Gasteiger partial charge >= 0.3 is 0 Å². The second kappa shape index (κ2) is 3.96. The Kier molecular flexibility index (Phi) is 2.49. The maximum Gasteiger partial charge on any atom is 0.214 e. The molecule has 0 unspecified atom stereocenters. The fraction of sp³-hybridized carbons (Fsp3) is 0. The van der Waals surface area contributed by atoms with Crippen molar-refractivity contribution in [2.75, 3.05) is 0 Å². The predicted molar refractivity (Wildman–Crippen MR) is 52.8 cm³/mol. The summed E-state index contributed by atoms with van der Waals surface area (Å²) in [5.41, 5.74) is 1.35. The number of nitrogens with zero attached hydrogens (tertiary/aromatic N) is 2. The van der Waals surface area contributed by atoms with E-state index in [0.717, 1.165) is 6.07 Å². The Morgan fingerprint density at radius 3 is 2.87 bits per heavy atom. The highest BCUT2D eigenvalue weighted by Crippen LogP contribution is 2.16. The molecule has 0 radical (unpaired) electrons. The summed E-state index contributed by atoms with van der Waals surface area (Å²) in [7, 11) is 0. The Labute approximate surface area is 85.6 Å². The Balaban J connectivity index is 2.53. The van der Waals surface area contributed by atoms with Gasteiger partial charge in [-0.25, -0.2) is 4.98 Å². The van der Waals surface area contributed by atoms with Crippen LogP contribution in [0, 0.1) is 5.95 Å². The van der Waals surface area contributed by atoms with E-state index in [1.807, 2.05) is 0 Å². The quantitative estimate of drug-likeness (QED) is 0.553. The lowest BCUT2D eigenvalue weighted by atomic mass is 10.1. The minimum absolute atomic E-state index is 0.265. The van der Waals surface area contributed by atoms with E-state index < -0.39 is 5.95 Å². The number of carbonyl (C=O) groups excluding carboxylic acids is 1. The summed E-state index contributed by atoms with van der Waals surface area (Å²) in [5, 5.41) is 0. The Bertz CT molecular complexity index is 485. The molecule has 0 saturated carbocycles. The van der Waals surface area contributed by atoms with Crippen molar-refractivity contribution in [3.8, 4) is 11.3 Å². The van der Waals surface area contributed by atoms with Gasteiger partial charge in [-0.15, -0.1) is 0 Å². The van der Waals surface area contributed by atoms with E-state index in [-0.39, 0.29) is 5.56 Å². The van der Waals surface area contributed by atoms with Crippen LogP contribution in [0.2, 0.25) is 0 Å². The predicted octanol–water partition coefficient (Wildman–Crippen LogP) is 2.10. The molecule has 2 aromatic heterocycles. The van der Waals surface area contributed by atoms with Crippen molar-refractivity contribution in [3.05, 3.63) is 48.2 Å². The SMILES string of the molecule is O=Cc1cc(F)nc(-c2cccnc2)c1. The summed E-state index contributed by atoms with van der Waals surface area (Å²) in [4.78, 5) is 18.1. The average Bonchev–Trinajstić information content (AvgIpc) is 2.29. The monoisotopic (exact) mass is 202 g/mol. The molecule has 4 heteroatoms. The minimum atomic E-state index is -0.668. The first-order valence-electron chi connectivity index (χ1n) is 4.33. The summed E-state index contributed by atoms with van der Waals surface area (Å²) in [6.45, 7) is 0. The Morgan fingerprint density at radius 2 is 2.20 bits per heavy atom. The van der Waals surface area contributed by atoms with Crippen molar-refractivity contribution in [2.24, 2.45) is 0 Å². The molecule has 0 aliphatic heterocycles. The van der Waals surface area contributed by atoms with E-state index in [0.29, 0.717) is 17.5 Å². The fourth-order valence-corrected chi connectivity index (χ4v) is 1.25. The van der Waals surface area contributed by atoms with Gasteiger partial charge in [0.15, 0.2) is 0 Å². The van der Waals surface area contributed by atoms with Crippen LogP contribution in [0.3, 0.4) is 0 Å². The van der Waals surface area contributed by atoms with Crippen LogP contribution >= 0.6 is 0 Å². The smallest absolute Gasteiger partial charge is 0.214 e. The zero-order valence-corrected chi connectivity index (χ0v) is 7.72. The third-order valence-electron chi connectivity index (χ3n) is 1.91. The molecule has 0 fully saturated rings. The molecule has 0 atom stereocenters. The van der Waals surface area contributed by atoms with E-state index in [9.17, 15) is 9.18 Å². The van der Waals surface area contributed by atoms with Gasteiger partial charge in [0.2, 0.25) is 5.95 Å². The van der Waals surface area contributed by atoms with Crippen molar-refractivity contribution in [3.63, 3.8) is 0 Å². The molecule has 0 N–H and O–H groups in total. The van der Waals surface area contributed by atoms with Crippen molar-refractivity contribution >= 4 is 6.29 Å². The summed E-state index contributed by atoms with van der Waals surface area (Å²) in [6, 6.07) is 6.09. The molecule has 0 saturated heterocycles. The van der Waals surface area contributed by atoms with Gasteiger partial charge in [-0.2, -0.15) is 4.39 Å². The van der Waals surface area contributed by atoms with Crippen LogP contribution < -0.4 is 0 Å². The molecule has 2 rings (SSSR count). The average molecular weight is 202 g/mol. The van der Waals surface area contributed by atoms with E-state index in [1.165, 1.54) is 6.07 Å². The van der Waals surface area contributed by atoms with Crippen molar-refractivity contribution < 1.29 is 9.18 Å². The van der Waals surface area contributed by atoms with Crippen molar-refractivity contribution in [1.82, 2.24) is 9.97 Å². The Morgan fingerprint density at radius 1 is 1.33 bits per heavy atom. The van der Waals surface area contributed by atoms with Gasteiger partial charge in [0.25, 0.3) is 0 Å². The number of hydrogen-bond donors (Lipinski definition) is 0. The highest BCUT2D eigenvalue weighted by Gasteiger charge is 2.03. The molecular formula is C11H7FN2O. The summed E-state index contributed by atoms with van der Waals surface area (Å²) in [6.07, 6.45) is 3.77. The first-order valence-corrected chi connectivity index (χ1v) is 4.33. The van der Waals surface area contributed by atoms with Crippen LogP contribution in [-0.2, 0) is 0 Å². The van der Waals surface area contributed by atoms with E-state index in [4.69, 9.17) is 0 Å². The van der Waals surface area contributed by atoms with Crippen LogP contribution in [0.4, 0.5) is 4.39 Å². The van der Waals surface area contributed by atoms with Gasteiger partial charge in [0, 0.05) is 29.6 Å². The molecule has 3 nitrogen and oxygen atoms in total. The molecule has 0 bridgehead atoms. The lowest BCUT2D eigenvalue weighted by molar-refractivity contribution is 0.112. The summed E-state index contributed by atoms with van der Waals surface area (Å²) >= 11 is 0.